The van der Waals surface area contributed by atoms with Crippen molar-refractivity contribution in [3.05, 3.63) is 54.2 Å². The van der Waals surface area contributed by atoms with Gasteiger partial charge in [0, 0.05) is 17.3 Å². The van der Waals surface area contributed by atoms with E-state index in [0.29, 0.717) is 0 Å². The van der Waals surface area contributed by atoms with Gasteiger partial charge in [0.2, 0.25) is 0 Å². The number of hydrogen-bond acceptors (Lipinski definition) is 4. The molecule has 3 rings (SSSR count). The summed E-state index contributed by atoms with van der Waals surface area (Å²) in [5.74, 6) is 0.793. The second-order valence-corrected chi connectivity index (χ2v) is 4.93. The number of anilines is 3. The molecule has 0 aliphatic heterocycles. The van der Waals surface area contributed by atoms with Crippen LogP contribution in [0.25, 0.3) is 10.9 Å². The molecule has 2 aromatic carbocycles. The van der Waals surface area contributed by atoms with Crippen molar-refractivity contribution in [3.8, 4) is 5.75 Å². The highest BCUT2D eigenvalue weighted by Crippen LogP contribution is 2.33. The quantitative estimate of drug-likeness (QED) is 0.714. The number of hydrogen-bond donors (Lipinski definition) is 2. The predicted molar refractivity (Wildman–Crippen MR) is 87.2 cm³/mol. The highest BCUT2D eigenvalue weighted by atomic mass is 16.5. The van der Waals surface area contributed by atoms with Crippen molar-refractivity contribution < 1.29 is 4.74 Å². The van der Waals surface area contributed by atoms with E-state index in [1.165, 1.54) is 0 Å². The maximum atomic E-state index is 6.01. The van der Waals surface area contributed by atoms with Gasteiger partial charge in [0.05, 0.1) is 24.0 Å². The molecule has 4 heteroatoms. The number of nitrogens with two attached hydrogens (primary N) is 1. The maximum absolute atomic E-state index is 6.01. The Kier molecular flexibility index (Phi) is 3.36. The summed E-state index contributed by atoms with van der Waals surface area (Å²) in [6.45, 7) is 2.05. The number of ether oxygens (including phenoxy) is 1. The smallest absolute Gasteiger partial charge is 0.142 e. The molecule has 0 bridgehead atoms. The Morgan fingerprint density at radius 3 is 2.76 bits per heavy atom. The Labute approximate surface area is 123 Å². The number of nitrogen functional groups attached to an aromatic ring is 1. The number of fused-ring (bicyclic) bond motifs is 1. The summed E-state index contributed by atoms with van der Waals surface area (Å²) in [5.41, 5.74) is 10.6. The minimum atomic E-state index is 0.722. The number of rotatable bonds is 3. The molecule has 4 nitrogen and oxygen atoms in total. The zero-order chi connectivity index (χ0) is 14.8. The molecule has 3 N–H and O–H groups in total. The van der Waals surface area contributed by atoms with E-state index in [1.54, 1.807) is 13.3 Å². The van der Waals surface area contributed by atoms with Crippen LogP contribution in [0.2, 0.25) is 0 Å². The van der Waals surface area contributed by atoms with Gasteiger partial charge >= 0.3 is 0 Å². The van der Waals surface area contributed by atoms with E-state index >= 15 is 0 Å². The van der Waals surface area contributed by atoms with E-state index in [-0.39, 0.29) is 0 Å². The normalized spacial score (nSPS) is 10.6. The van der Waals surface area contributed by atoms with E-state index < -0.39 is 0 Å². The second-order valence-electron chi connectivity index (χ2n) is 4.93. The van der Waals surface area contributed by atoms with Gasteiger partial charge in [0.15, 0.2) is 0 Å². The molecular formula is C17H17N3O. The lowest BCUT2D eigenvalue weighted by molar-refractivity contribution is 0.416. The lowest BCUT2D eigenvalue weighted by Crippen LogP contribution is -1.98. The van der Waals surface area contributed by atoms with Crippen LogP contribution in [0.5, 0.6) is 5.75 Å². The summed E-state index contributed by atoms with van der Waals surface area (Å²) < 4.78 is 5.40. The van der Waals surface area contributed by atoms with E-state index in [0.717, 1.165) is 39.3 Å². The molecule has 0 saturated carbocycles. The minimum Gasteiger partial charge on any atom is -0.495 e. The van der Waals surface area contributed by atoms with Crippen molar-refractivity contribution in [1.29, 1.82) is 0 Å². The third-order valence-electron chi connectivity index (χ3n) is 3.43. The van der Waals surface area contributed by atoms with Gasteiger partial charge in [-0.15, -0.1) is 0 Å². The largest absolute Gasteiger partial charge is 0.495 e. The lowest BCUT2D eigenvalue weighted by atomic mass is 10.1. The molecule has 0 amide bonds. The first-order valence-corrected chi connectivity index (χ1v) is 6.74. The first-order valence-electron chi connectivity index (χ1n) is 6.74. The Bertz CT molecular complexity index is 799. The van der Waals surface area contributed by atoms with Crippen LogP contribution in [0.4, 0.5) is 17.1 Å². The van der Waals surface area contributed by atoms with E-state index in [4.69, 9.17) is 10.5 Å². The van der Waals surface area contributed by atoms with Crippen LogP contribution < -0.4 is 15.8 Å². The van der Waals surface area contributed by atoms with E-state index in [2.05, 4.69) is 10.3 Å². The lowest BCUT2D eigenvalue weighted by Gasteiger charge is -2.14. The van der Waals surface area contributed by atoms with E-state index in [9.17, 15) is 0 Å². The third kappa shape index (κ3) is 2.48. The summed E-state index contributed by atoms with van der Waals surface area (Å²) in [4.78, 5) is 4.43. The van der Waals surface area contributed by atoms with Crippen molar-refractivity contribution in [2.45, 2.75) is 6.92 Å². The van der Waals surface area contributed by atoms with Crippen molar-refractivity contribution >= 4 is 28.0 Å². The Morgan fingerprint density at radius 1 is 1.10 bits per heavy atom. The molecule has 106 valence electrons. The number of methoxy groups -OCH3 is 1. The molecule has 1 aromatic heterocycles. The zero-order valence-electron chi connectivity index (χ0n) is 12.1. The van der Waals surface area contributed by atoms with Gasteiger partial charge in [-0.05, 0) is 48.9 Å². The standard InChI is InChI=1S/C17H17N3O/c1-11-5-8-16(21-2)15(10-11)20-14-7-6-13(18)12-4-3-9-19-17(12)14/h3-10,20H,18H2,1-2H3. The number of nitrogens with one attached hydrogen (secondary N) is 1. The van der Waals surface area contributed by atoms with Crippen LogP contribution in [-0.2, 0) is 0 Å². The molecule has 1 heterocycles. The van der Waals surface area contributed by atoms with Gasteiger partial charge in [-0.3, -0.25) is 4.98 Å². The zero-order valence-corrected chi connectivity index (χ0v) is 12.1. The number of aryl methyl sites for hydroxylation is 1. The first-order chi connectivity index (χ1) is 10.2. The highest BCUT2D eigenvalue weighted by Gasteiger charge is 2.08. The van der Waals surface area contributed by atoms with E-state index in [1.807, 2.05) is 49.4 Å². The molecule has 0 atom stereocenters. The summed E-state index contributed by atoms with van der Waals surface area (Å²) in [7, 11) is 1.66. The van der Waals surface area contributed by atoms with Crippen LogP contribution in [0.3, 0.4) is 0 Å². The molecular weight excluding hydrogens is 262 g/mol. The summed E-state index contributed by atoms with van der Waals surface area (Å²) in [6.07, 6.45) is 1.76. The van der Waals surface area contributed by atoms with Crippen molar-refractivity contribution in [3.63, 3.8) is 0 Å². The summed E-state index contributed by atoms with van der Waals surface area (Å²) in [6, 6.07) is 13.7. The van der Waals surface area contributed by atoms with Gasteiger partial charge in [-0.25, -0.2) is 0 Å². The summed E-state index contributed by atoms with van der Waals surface area (Å²) >= 11 is 0. The predicted octanol–water partition coefficient (Wildman–Crippen LogP) is 3.88. The number of nitrogens with zero attached hydrogens (tertiary/aromatic N) is 1. The van der Waals surface area contributed by atoms with Crippen molar-refractivity contribution in [2.75, 3.05) is 18.2 Å². The minimum absolute atomic E-state index is 0.722. The second kappa shape index (κ2) is 5.32. The SMILES string of the molecule is COc1ccc(C)cc1Nc1ccc(N)c2cccnc12. The van der Waals surface area contributed by atoms with Gasteiger partial charge in [-0.2, -0.15) is 0 Å². The summed E-state index contributed by atoms with van der Waals surface area (Å²) in [5, 5.41) is 4.33. The van der Waals surface area contributed by atoms with Gasteiger partial charge in [-0.1, -0.05) is 6.07 Å². The molecule has 0 radical (unpaired) electrons. The molecule has 21 heavy (non-hydrogen) atoms. The molecule has 0 saturated heterocycles. The first kappa shape index (κ1) is 13.2. The number of benzene rings is 2. The topological polar surface area (TPSA) is 60.2 Å². The fourth-order valence-corrected chi connectivity index (χ4v) is 2.36. The van der Waals surface area contributed by atoms with Crippen LogP contribution in [0, 0.1) is 6.92 Å². The van der Waals surface area contributed by atoms with Gasteiger partial charge in [0.1, 0.15) is 5.75 Å². The van der Waals surface area contributed by atoms with Crippen LogP contribution in [0.1, 0.15) is 5.56 Å². The number of aromatic nitrogens is 1. The van der Waals surface area contributed by atoms with Crippen LogP contribution in [-0.4, -0.2) is 12.1 Å². The number of pyridine rings is 1. The Morgan fingerprint density at radius 2 is 1.95 bits per heavy atom. The molecule has 0 fully saturated rings. The molecule has 3 aromatic rings. The molecule has 0 spiro atoms. The average molecular weight is 279 g/mol. The van der Waals surface area contributed by atoms with Crippen LogP contribution in [0.15, 0.2) is 48.7 Å². The molecule has 0 unspecified atom stereocenters. The fourth-order valence-electron chi connectivity index (χ4n) is 2.36. The highest BCUT2D eigenvalue weighted by molar-refractivity contribution is 5.99. The fraction of sp³-hybridized carbons (Fsp3) is 0.118. The Balaban J connectivity index is 2.11. The average Bonchev–Trinajstić information content (AvgIpc) is 2.51. The monoisotopic (exact) mass is 279 g/mol. The Hall–Kier alpha value is -2.75. The molecule has 0 aliphatic carbocycles. The van der Waals surface area contributed by atoms with Gasteiger partial charge < -0.3 is 15.8 Å². The van der Waals surface area contributed by atoms with Crippen molar-refractivity contribution in [1.82, 2.24) is 4.98 Å². The molecule has 0 aliphatic rings. The van der Waals surface area contributed by atoms with Crippen LogP contribution >= 0.6 is 0 Å². The maximum Gasteiger partial charge on any atom is 0.142 e. The third-order valence-corrected chi connectivity index (χ3v) is 3.43. The van der Waals surface area contributed by atoms with Crippen molar-refractivity contribution in [2.24, 2.45) is 0 Å². The van der Waals surface area contributed by atoms with Gasteiger partial charge in [0.25, 0.3) is 0 Å².